The second-order valence-corrected chi connectivity index (χ2v) is 8.26. The monoisotopic (exact) mass is 384 g/mol. The molecule has 4 heteroatoms. The second-order valence-electron chi connectivity index (χ2n) is 8.26. The zero-order valence-corrected chi connectivity index (χ0v) is 17.3. The van der Waals surface area contributed by atoms with Gasteiger partial charge < -0.3 is 9.80 Å². The summed E-state index contributed by atoms with van der Waals surface area (Å²) < 4.78 is 0. The first-order valence-corrected chi connectivity index (χ1v) is 10.6. The van der Waals surface area contributed by atoms with Crippen molar-refractivity contribution in [1.82, 2.24) is 9.88 Å². The third-order valence-electron chi connectivity index (χ3n) is 6.29. The molecule has 0 bridgehead atoms. The van der Waals surface area contributed by atoms with Gasteiger partial charge in [-0.1, -0.05) is 42.5 Å². The average molecular weight is 385 g/mol. The predicted molar refractivity (Wildman–Crippen MR) is 121 cm³/mol. The van der Waals surface area contributed by atoms with Crippen LogP contribution in [0.3, 0.4) is 0 Å². The number of piperidine rings is 1. The number of fused-ring (bicyclic) bond motifs is 2. The lowest BCUT2D eigenvalue weighted by Gasteiger charge is -2.40. The van der Waals surface area contributed by atoms with Crippen molar-refractivity contribution in [3.8, 4) is 0 Å². The molecule has 2 aromatic carbocycles. The maximum Gasteiger partial charge on any atom is 0.157 e. The number of aryl methyl sites for hydroxylation is 1. The highest BCUT2D eigenvalue weighted by Gasteiger charge is 2.28. The van der Waals surface area contributed by atoms with Gasteiger partial charge in [0.15, 0.2) is 5.82 Å². The van der Waals surface area contributed by atoms with Gasteiger partial charge in [-0.3, -0.25) is 4.90 Å². The summed E-state index contributed by atoms with van der Waals surface area (Å²) in [5, 5.41) is 2.72. The molecular weight excluding hydrogens is 356 g/mol. The van der Waals surface area contributed by atoms with Gasteiger partial charge in [-0.05, 0) is 48.2 Å². The van der Waals surface area contributed by atoms with Crippen LogP contribution < -0.4 is 9.80 Å². The number of anilines is 2. The molecule has 1 saturated heterocycles. The SMILES string of the molecule is Cc1ccc2c(n1)N(C1CCN(Cc3cccc4ccccc34)CC1)C=CN2C. The lowest BCUT2D eigenvalue weighted by molar-refractivity contribution is 0.205. The Labute approximate surface area is 173 Å². The van der Waals surface area contributed by atoms with E-state index in [-0.39, 0.29) is 0 Å². The van der Waals surface area contributed by atoms with Crippen molar-refractivity contribution >= 4 is 22.3 Å². The van der Waals surface area contributed by atoms with E-state index < -0.39 is 0 Å². The molecule has 3 heterocycles. The largest absolute Gasteiger partial charge is 0.347 e. The van der Waals surface area contributed by atoms with Crippen molar-refractivity contribution in [2.24, 2.45) is 0 Å². The van der Waals surface area contributed by atoms with E-state index in [1.54, 1.807) is 0 Å². The van der Waals surface area contributed by atoms with Gasteiger partial charge in [0.1, 0.15) is 0 Å². The standard InChI is InChI=1S/C25H28N4/c1-19-10-11-24-25(26-19)29(17-16-27(24)2)22-12-14-28(15-13-22)18-21-8-5-7-20-6-3-4-9-23(20)21/h3-11,16-17,22H,12-15,18H2,1-2H3. The van der Waals surface area contributed by atoms with E-state index in [4.69, 9.17) is 4.98 Å². The molecule has 29 heavy (non-hydrogen) atoms. The molecule has 1 fully saturated rings. The summed E-state index contributed by atoms with van der Waals surface area (Å²) in [4.78, 5) is 12.0. The lowest BCUT2D eigenvalue weighted by Crippen LogP contribution is -2.44. The van der Waals surface area contributed by atoms with E-state index in [9.17, 15) is 0 Å². The van der Waals surface area contributed by atoms with Gasteiger partial charge in [-0.15, -0.1) is 0 Å². The molecule has 2 aliphatic heterocycles. The third kappa shape index (κ3) is 3.49. The molecule has 0 amide bonds. The number of hydrogen-bond acceptors (Lipinski definition) is 4. The Balaban J connectivity index is 1.30. The Kier molecular flexibility index (Phi) is 4.72. The maximum atomic E-state index is 4.86. The Morgan fingerprint density at radius 2 is 1.72 bits per heavy atom. The topological polar surface area (TPSA) is 22.6 Å². The first-order chi connectivity index (χ1) is 14.2. The van der Waals surface area contributed by atoms with Gasteiger partial charge in [0.25, 0.3) is 0 Å². The van der Waals surface area contributed by atoms with E-state index in [0.29, 0.717) is 6.04 Å². The fourth-order valence-corrected chi connectivity index (χ4v) is 4.65. The van der Waals surface area contributed by atoms with E-state index in [2.05, 4.69) is 95.7 Å². The molecule has 148 valence electrons. The van der Waals surface area contributed by atoms with Crippen LogP contribution >= 0.6 is 0 Å². The lowest BCUT2D eigenvalue weighted by atomic mass is 10.00. The molecule has 0 atom stereocenters. The summed E-state index contributed by atoms with van der Waals surface area (Å²) in [5.74, 6) is 1.10. The van der Waals surface area contributed by atoms with Crippen LogP contribution in [0.2, 0.25) is 0 Å². The summed E-state index contributed by atoms with van der Waals surface area (Å²) in [7, 11) is 2.09. The summed E-state index contributed by atoms with van der Waals surface area (Å²) in [6.07, 6.45) is 6.68. The van der Waals surface area contributed by atoms with Gasteiger partial charge in [-0.25, -0.2) is 4.98 Å². The molecule has 3 aromatic rings. The molecule has 0 spiro atoms. The normalized spacial score (nSPS) is 17.7. The number of hydrogen-bond donors (Lipinski definition) is 0. The summed E-state index contributed by atoms with van der Waals surface area (Å²) in [6, 6.07) is 20.2. The fourth-order valence-electron chi connectivity index (χ4n) is 4.65. The van der Waals surface area contributed by atoms with Crippen LogP contribution in [-0.2, 0) is 6.54 Å². The highest BCUT2D eigenvalue weighted by Crippen LogP contribution is 2.34. The number of rotatable bonds is 3. The molecule has 0 aliphatic carbocycles. The molecular formula is C25H28N4. The molecule has 0 radical (unpaired) electrons. The molecule has 0 N–H and O–H groups in total. The van der Waals surface area contributed by atoms with Crippen LogP contribution in [0.15, 0.2) is 67.0 Å². The number of nitrogens with zero attached hydrogens (tertiary/aromatic N) is 4. The van der Waals surface area contributed by atoms with Gasteiger partial charge in [0.2, 0.25) is 0 Å². The number of aromatic nitrogens is 1. The van der Waals surface area contributed by atoms with Gasteiger partial charge in [0.05, 0.1) is 5.69 Å². The second kappa shape index (κ2) is 7.53. The van der Waals surface area contributed by atoms with E-state index >= 15 is 0 Å². The van der Waals surface area contributed by atoms with E-state index in [1.165, 1.54) is 22.0 Å². The molecule has 5 rings (SSSR count). The minimum atomic E-state index is 0.511. The van der Waals surface area contributed by atoms with Crippen LogP contribution in [0, 0.1) is 6.92 Å². The molecule has 4 nitrogen and oxygen atoms in total. The maximum absolute atomic E-state index is 4.86. The Morgan fingerprint density at radius 1 is 0.931 bits per heavy atom. The van der Waals surface area contributed by atoms with Crippen molar-refractivity contribution in [2.45, 2.75) is 32.4 Å². The third-order valence-corrected chi connectivity index (χ3v) is 6.29. The van der Waals surface area contributed by atoms with Crippen LogP contribution in [-0.4, -0.2) is 36.1 Å². The smallest absolute Gasteiger partial charge is 0.157 e. The van der Waals surface area contributed by atoms with Crippen molar-refractivity contribution in [1.29, 1.82) is 0 Å². The summed E-state index contributed by atoms with van der Waals surface area (Å²) in [6.45, 7) is 5.34. The van der Waals surface area contributed by atoms with Crippen molar-refractivity contribution < 1.29 is 0 Å². The average Bonchev–Trinajstić information content (AvgIpc) is 2.75. The van der Waals surface area contributed by atoms with E-state index in [0.717, 1.165) is 44.0 Å². The van der Waals surface area contributed by atoms with Gasteiger partial charge in [0, 0.05) is 50.8 Å². The number of likely N-dealkylation sites (tertiary alicyclic amines) is 1. The van der Waals surface area contributed by atoms with Crippen molar-refractivity contribution in [3.05, 3.63) is 78.3 Å². The first-order valence-electron chi connectivity index (χ1n) is 10.6. The van der Waals surface area contributed by atoms with Crippen molar-refractivity contribution in [2.75, 3.05) is 29.9 Å². The Morgan fingerprint density at radius 3 is 2.59 bits per heavy atom. The molecule has 1 aromatic heterocycles. The molecule has 2 aliphatic rings. The minimum Gasteiger partial charge on any atom is -0.347 e. The van der Waals surface area contributed by atoms with Gasteiger partial charge in [-0.2, -0.15) is 0 Å². The quantitative estimate of drug-likeness (QED) is 0.638. The zero-order chi connectivity index (χ0) is 19.8. The molecule has 0 unspecified atom stereocenters. The van der Waals surface area contributed by atoms with Crippen LogP contribution in [0.1, 0.15) is 24.1 Å². The summed E-state index contributed by atoms with van der Waals surface area (Å²) in [5.41, 5.74) is 3.70. The van der Waals surface area contributed by atoms with Crippen molar-refractivity contribution in [3.63, 3.8) is 0 Å². The summed E-state index contributed by atoms with van der Waals surface area (Å²) >= 11 is 0. The van der Waals surface area contributed by atoms with Gasteiger partial charge >= 0.3 is 0 Å². The van der Waals surface area contributed by atoms with Crippen LogP contribution in [0.25, 0.3) is 10.8 Å². The number of benzene rings is 2. The van der Waals surface area contributed by atoms with Crippen LogP contribution in [0.5, 0.6) is 0 Å². The highest BCUT2D eigenvalue weighted by molar-refractivity contribution is 5.85. The predicted octanol–water partition coefficient (Wildman–Crippen LogP) is 4.94. The Bertz CT molecular complexity index is 1040. The minimum absolute atomic E-state index is 0.511. The zero-order valence-electron chi connectivity index (χ0n) is 17.3. The number of pyridine rings is 1. The first kappa shape index (κ1) is 18.2. The van der Waals surface area contributed by atoms with E-state index in [1.807, 2.05) is 0 Å². The fraction of sp³-hybridized carbons (Fsp3) is 0.320. The molecule has 0 saturated carbocycles. The Hall–Kier alpha value is -2.85. The van der Waals surface area contributed by atoms with Crippen LogP contribution in [0.4, 0.5) is 11.5 Å². The highest BCUT2D eigenvalue weighted by atomic mass is 15.3.